The van der Waals surface area contributed by atoms with Crippen LogP contribution in [0.25, 0.3) is 0 Å². The van der Waals surface area contributed by atoms with Gasteiger partial charge in [0.15, 0.2) is 0 Å². The number of rotatable bonds is 5. The smallest absolute Gasteiger partial charge is 0.0778 e. The fourth-order valence-electron chi connectivity index (χ4n) is 2.31. The molecule has 1 aromatic carbocycles. The molecule has 0 fully saturated rings. The van der Waals surface area contributed by atoms with Gasteiger partial charge in [0.1, 0.15) is 0 Å². The van der Waals surface area contributed by atoms with Gasteiger partial charge in [-0.3, -0.25) is 0 Å². The van der Waals surface area contributed by atoms with Crippen LogP contribution in [0.3, 0.4) is 0 Å². The molecule has 1 rings (SSSR count). The fraction of sp³-hybridized carbons (Fsp3) is 0.556. The molecule has 0 amide bonds. The molecular formula is C18H28OS. The minimum absolute atomic E-state index is 0.385. The van der Waals surface area contributed by atoms with Crippen molar-refractivity contribution in [1.29, 1.82) is 0 Å². The van der Waals surface area contributed by atoms with Crippen LogP contribution in [0.2, 0.25) is 0 Å². The van der Waals surface area contributed by atoms with E-state index in [0.717, 1.165) is 4.90 Å². The summed E-state index contributed by atoms with van der Waals surface area (Å²) in [5.41, 5.74) is 3.81. The molecule has 0 radical (unpaired) electrons. The van der Waals surface area contributed by atoms with E-state index in [1.54, 1.807) is 5.41 Å². The molecule has 0 N–H and O–H groups in total. The van der Waals surface area contributed by atoms with Gasteiger partial charge < -0.3 is 0 Å². The van der Waals surface area contributed by atoms with Crippen LogP contribution in [-0.4, -0.2) is 4.21 Å². The summed E-state index contributed by atoms with van der Waals surface area (Å²) in [7, 11) is -1.05. The molecule has 20 heavy (non-hydrogen) atoms. The molecule has 0 saturated carbocycles. The number of benzene rings is 1. The Morgan fingerprint density at radius 1 is 0.900 bits per heavy atom. The van der Waals surface area contributed by atoms with E-state index in [9.17, 15) is 4.21 Å². The predicted octanol–water partition coefficient (Wildman–Crippen LogP) is 5.70. The Bertz CT molecular complexity index is 481. The topological polar surface area (TPSA) is 17.1 Å². The standard InChI is InChI=1S/C18H28OS/c1-8-9-20(19)18-16(13(4)5)10-15(12(2)3)11-17(18)14(6)7/h8-14H,1-7H3/b9-8-/t20-/m0/s1. The van der Waals surface area contributed by atoms with Crippen LogP contribution < -0.4 is 0 Å². The van der Waals surface area contributed by atoms with E-state index in [1.807, 2.05) is 13.0 Å². The molecule has 0 aliphatic carbocycles. The van der Waals surface area contributed by atoms with Gasteiger partial charge in [-0.25, -0.2) is 4.21 Å². The summed E-state index contributed by atoms with van der Waals surface area (Å²) in [6.07, 6.45) is 1.88. The Kier molecular flexibility index (Phi) is 6.19. The first-order valence-corrected chi connectivity index (χ1v) is 8.71. The molecule has 1 aromatic rings. The quantitative estimate of drug-likeness (QED) is 0.680. The van der Waals surface area contributed by atoms with Gasteiger partial charge in [-0.05, 0) is 41.4 Å². The largest absolute Gasteiger partial charge is 0.250 e. The average Bonchev–Trinajstić information content (AvgIpc) is 2.36. The van der Waals surface area contributed by atoms with Crippen molar-refractivity contribution in [1.82, 2.24) is 0 Å². The summed E-state index contributed by atoms with van der Waals surface area (Å²) in [5.74, 6) is 1.26. The normalized spacial score (nSPS) is 13.9. The lowest BCUT2D eigenvalue weighted by Crippen LogP contribution is -2.07. The van der Waals surface area contributed by atoms with Crippen molar-refractivity contribution in [2.24, 2.45) is 0 Å². The van der Waals surface area contributed by atoms with Crippen LogP contribution >= 0.6 is 0 Å². The van der Waals surface area contributed by atoms with Gasteiger partial charge in [0.2, 0.25) is 0 Å². The SMILES string of the molecule is C/C=C\[S@](=O)c1c(C(C)C)cc(C(C)C)cc1C(C)C. The van der Waals surface area contributed by atoms with Gasteiger partial charge in [0, 0.05) is 5.41 Å². The summed E-state index contributed by atoms with van der Waals surface area (Å²) in [6.45, 7) is 15.1. The van der Waals surface area contributed by atoms with Gasteiger partial charge in [0.25, 0.3) is 0 Å². The first kappa shape index (κ1) is 17.2. The first-order chi connectivity index (χ1) is 9.29. The number of hydrogen-bond acceptors (Lipinski definition) is 1. The van der Waals surface area contributed by atoms with Gasteiger partial charge in [-0.15, -0.1) is 0 Å². The maximum absolute atomic E-state index is 12.6. The molecule has 2 heteroatoms. The molecule has 0 aliphatic heterocycles. The van der Waals surface area contributed by atoms with Crippen molar-refractivity contribution >= 4 is 10.8 Å². The first-order valence-electron chi connectivity index (χ1n) is 7.50. The Morgan fingerprint density at radius 3 is 1.65 bits per heavy atom. The van der Waals surface area contributed by atoms with Crippen molar-refractivity contribution in [3.05, 3.63) is 40.3 Å². The van der Waals surface area contributed by atoms with Gasteiger partial charge in [0.05, 0.1) is 15.7 Å². The zero-order chi connectivity index (χ0) is 15.4. The van der Waals surface area contributed by atoms with E-state index in [-0.39, 0.29) is 0 Å². The van der Waals surface area contributed by atoms with E-state index < -0.39 is 10.8 Å². The van der Waals surface area contributed by atoms with Crippen LogP contribution in [0.4, 0.5) is 0 Å². The highest BCUT2D eigenvalue weighted by molar-refractivity contribution is 7.88. The van der Waals surface area contributed by atoms with E-state index in [4.69, 9.17) is 0 Å². The number of hydrogen-bond donors (Lipinski definition) is 0. The summed E-state index contributed by atoms with van der Waals surface area (Å²) >= 11 is 0. The summed E-state index contributed by atoms with van der Waals surface area (Å²) in [5, 5.41) is 1.79. The predicted molar refractivity (Wildman–Crippen MR) is 89.9 cm³/mol. The monoisotopic (exact) mass is 292 g/mol. The Hall–Kier alpha value is -0.890. The van der Waals surface area contributed by atoms with Crippen molar-refractivity contribution < 1.29 is 4.21 Å². The van der Waals surface area contributed by atoms with E-state index in [1.165, 1.54) is 16.7 Å². The zero-order valence-electron chi connectivity index (χ0n) is 13.9. The Labute approximate surface area is 126 Å². The number of allylic oxidation sites excluding steroid dienone is 1. The maximum Gasteiger partial charge on any atom is 0.0778 e. The van der Waals surface area contributed by atoms with Crippen LogP contribution in [0, 0.1) is 0 Å². The highest BCUT2D eigenvalue weighted by atomic mass is 32.2. The van der Waals surface area contributed by atoms with Crippen LogP contribution in [-0.2, 0) is 10.8 Å². The molecule has 0 aliphatic rings. The van der Waals surface area contributed by atoms with Crippen LogP contribution in [0.5, 0.6) is 0 Å². The van der Waals surface area contributed by atoms with Crippen molar-refractivity contribution in [3.8, 4) is 0 Å². The third kappa shape index (κ3) is 3.82. The zero-order valence-corrected chi connectivity index (χ0v) is 14.7. The average molecular weight is 292 g/mol. The maximum atomic E-state index is 12.6. The molecule has 0 saturated heterocycles. The molecule has 0 unspecified atom stereocenters. The molecule has 1 atom stereocenters. The second-order valence-corrected chi connectivity index (χ2v) is 7.53. The van der Waals surface area contributed by atoms with E-state index in [0.29, 0.717) is 17.8 Å². The molecule has 1 nitrogen and oxygen atoms in total. The molecule has 112 valence electrons. The third-order valence-corrected chi connectivity index (χ3v) is 4.93. The summed E-state index contributed by atoms with van der Waals surface area (Å²) in [6, 6.07) is 4.50. The van der Waals surface area contributed by atoms with Crippen molar-refractivity contribution in [3.63, 3.8) is 0 Å². The van der Waals surface area contributed by atoms with Gasteiger partial charge in [-0.1, -0.05) is 59.8 Å². The van der Waals surface area contributed by atoms with E-state index >= 15 is 0 Å². The van der Waals surface area contributed by atoms with E-state index in [2.05, 4.69) is 53.7 Å². The lowest BCUT2D eigenvalue weighted by Gasteiger charge is -2.21. The minimum Gasteiger partial charge on any atom is -0.250 e. The minimum atomic E-state index is -1.05. The molecule has 0 spiro atoms. The summed E-state index contributed by atoms with van der Waals surface area (Å²) < 4.78 is 12.6. The Morgan fingerprint density at radius 2 is 1.35 bits per heavy atom. The third-order valence-electron chi connectivity index (χ3n) is 3.54. The second-order valence-electron chi connectivity index (χ2n) is 6.26. The van der Waals surface area contributed by atoms with Crippen LogP contribution in [0.1, 0.15) is 82.9 Å². The summed E-state index contributed by atoms with van der Waals surface area (Å²) in [4.78, 5) is 1.03. The second kappa shape index (κ2) is 7.21. The van der Waals surface area contributed by atoms with Crippen molar-refractivity contribution in [2.75, 3.05) is 0 Å². The van der Waals surface area contributed by atoms with Gasteiger partial charge in [-0.2, -0.15) is 0 Å². The Balaban J connectivity index is 3.63. The molecule has 0 aromatic heterocycles. The lowest BCUT2D eigenvalue weighted by molar-refractivity contribution is 0.681. The van der Waals surface area contributed by atoms with Crippen molar-refractivity contribution in [2.45, 2.75) is 71.1 Å². The van der Waals surface area contributed by atoms with Gasteiger partial charge >= 0.3 is 0 Å². The lowest BCUT2D eigenvalue weighted by atomic mass is 9.89. The van der Waals surface area contributed by atoms with Crippen LogP contribution in [0.15, 0.2) is 28.5 Å². The highest BCUT2D eigenvalue weighted by Gasteiger charge is 2.20. The highest BCUT2D eigenvalue weighted by Crippen LogP contribution is 2.34. The molecule has 0 bridgehead atoms. The fourth-order valence-corrected chi connectivity index (χ4v) is 3.75. The molecule has 0 heterocycles. The molecular weight excluding hydrogens is 264 g/mol.